The summed E-state index contributed by atoms with van der Waals surface area (Å²) in [7, 11) is 0. The van der Waals surface area contributed by atoms with Crippen molar-refractivity contribution in [1.29, 1.82) is 0 Å². The monoisotopic (exact) mass is 363 g/mol. The molecular formula is C21H33NO4. The molecule has 2 aliphatic rings. The number of rotatable bonds is 7. The van der Waals surface area contributed by atoms with E-state index in [1.165, 1.54) is 32.6 Å². The van der Waals surface area contributed by atoms with E-state index in [2.05, 4.69) is 18.8 Å². The van der Waals surface area contributed by atoms with Crippen LogP contribution in [-0.2, 0) is 9.53 Å². The molecule has 5 heteroatoms. The molecule has 0 aromatic carbocycles. The summed E-state index contributed by atoms with van der Waals surface area (Å²) in [5, 5.41) is 10.4. The third-order valence-corrected chi connectivity index (χ3v) is 7.06. The number of nitrogens with zero attached hydrogens (tertiary/aromatic N) is 1. The van der Waals surface area contributed by atoms with E-state index in [-0.39, 0.29) is 18.2 Å². The largest absolute Gasteiger partial charge is 0.456 e. The first kappa shape index (κ1) is 19.4. The number of oxazole rings is 1. The van der Waals surface area contributed by atoms with Crippen LogP contribution in [0.1, 0.15) is 83.9 Å². The number of fused-ring (bicyclic) bond motifs is 1. The molecular weight excluding hydrogens is 330 g/mol. The van der Waals surface area contributed by atoms with Crippen LogP contribution < -0.4 is 0 Å². The average molecular weight is 363 g/mol. The van der Waals surface area contributed by atoms with Crippen molar-refractivity contribution in [2.45, 2.75) is 84.3 Å². The fourth-order valence-corrected chi connectivity index (χ4v) is 5.80. The molecule has 0 amide bonds. The summed E-state index contributed by atoms with van der Waals surface area (Å²) in [6.45, 7) is 6.20. The lowest BCUT2D eigenvalue weighted by atomic mass is 9.61. The van der Waals surface area contributed by atoms with Gasteiger partial charge in [-0.1, -0.05) is 26.7 Å². The highest BCUT2D eigenvalue weighted by Gasteiger charge is 2.51. The standard InChI is InChI=1S/C21H33NO4/c1-14(16-9-10-17-19(24)7-5-11-21(16,17)3)6-4-8-20(26-15(2)23)18-12-25-13-22-18/h12-14,16-17,19-20,24H,4-11H2,1-3H3/t14?,16-,17+,19+,20?,21-/m1/s1. The molecule has 26 heavy (non-hydrogen) atoms. The Morgan fingerprint density at radius 2 is 2.23 bits per heavy atom. The number of ether oxygens (including phenoxy) is 1. The Hall–Kier alpha value is -1.36. The number of aliphatic hydroxyl groups is 1. The van der Waals surface area contributed by atoms with E-state index in [9.17, 15) is 9.90 Å². The Labute approximate surface area is 156 Å². The third-order valence-electron chi connectivity index (χ3n) is 7.06. The van der Waals surface area contributed by atoms with E-state index in [0.717, 1.165) is 32.1 Å². The molecule has 2 unspecified atom stereocenters. The van der Waals surface area contributed by atoms with Crippen LogP contribution in [0.5, 0.6) is 0 Å². The Balaban J connectivity index is 1.55. The van der Waals surface area contributed by atoms with Crippen molar-refractivity contribution in [3.63, 3.8) is 0 Å². The first-order chi connectivity index (χ1) is 12.4. The molecule has 1 N–H and O–H groups in total. The van der Waals surface area contributed by atoms with Gasteiger partial charge < -0.3 is 14.3 Å². The molecule has 6 atom stereocenters. The Kier molecular flexibility index (Phi) is 6.06. The van der Waals surface area contributed by atoms with E-state index >= 15 is 0 Å². The maximum absolute atomic E-state index is 11.4. The predicted octanol–water partition coefficient (Wildman–Crippen LogP) is 4.66. The molecule has 3 rings (SSSR count). The second kappa shape index (κ2) is 8.12. The normalized spacial score (nSPS) is 33.5. The SMILES string of the molecule is CC(=O)OC(CCCC(C)[C@H]1CC[C@H]2[C@@H](O)CCC[C@]12C)c1cocn1. The second-order valence-electron chi connectivity index (χ2n) is 8.68. The zero-order valence-electron chi connectivity index (χ0n) is 16.3. The van der Waals surface area contributed by atoms with Crippen LogP contribution in [-0.4, -0.2) is 22.2 Å². The van der Waals surface area contributed by atoms with Gasteiger partial charge in [0.25, 0.3) is 0 Å². The smallest absolute Gasteiger partial charge is 0.303 e. The highest BCUT2D eigenvalue weighted by atomic mass is 16.5. The van der Waals surface area contributed by atoms with Crippen molar-refractivity contribution in [3.05, 3.63) is 18.4 Å². The summed E-state index contributed by atoms with van der Waals surface area (Å²) in [5.41, 5.74) is 0.981. The highest BCUT2D eigenvalue weighted by Crippen LogP contribution is 2.58. The van der Waals surface area contributed by atoms with Gasteiger partial charge in [-0.15, -0.1) is 0 Å². The van der Waals surface area contributed by atoms with Crippen molar-refractivity contribution in [3.8, 4) is 0 Å². The van der Waals surface area contributed by atoms with Gasteiger partial charge in [0.05, 0.1) is 6.10 Å². The van der Waals surface area contributed by atoms with E-state index in [0.29, 0.717) is 28.9 Å². The van der Waals surface area contributed by atoms with Gasteiger partial charge in [-0.05, 0) is 61.7 Å². The van der Waals surface area contributed by atoms with Gasteiger partial charge in [0.1, 0.15) is 18.1 Å². The van der Waals surface area contributed by atoms with Gasteiger partial charge in [0.15, 0.2) is 6.39 Å². The molecule has 2 fully saturated rings. The number of esters is 1. The number of carbonyl (C=O) groups excluding carboxylic acids is 1. The number of hydrogen-bond donors (Lipinski definition) is 1. The van der Waals surface area contributed by atoms with Crippen LogP contribution in [0.25, 0.3) is 0 Å². The van der Waals surface area contributed by atoms with E-state index in [1.807, 2.05) is 0 Å². The fourth-order valence-electron chi connectivity index (χ4n) is 5.80. The van der Waals surface area contributed by atoms with Crippen molar-refractivity contribution in [1.82, 2.24) is 4.98 Å². The second-order valence-corrected chi connectivity index (χ2v) is 8.68. The third kappa shape index (κ3) is 3.98. The highest BCUT2D eigenvalue weighted by molar-refractivity contribution is 5.66. The maximum Gasteiger partial charge on any atom is 0.303 e. The molecule has 0 aliphatic heterocycles. The zero-order valence-corrected chi connectivity index (χ0v) is 16.3. The molecule has 0 saturated heterocycles. The predicted molar refractivity (Wildman–Crippen MR) is 98.2 cm³/mol. The minimum Gasteiger partial charge on any atom is -0.456 e. The first-order valence-corrected chi connectivity index (χ1v) is 10.1. The average Bonchev–Trinajstić information content (AvgIpc) is 3.21. The van der Waals surface area contributed by atoms with Crippen LogP contribution in [0.2, 0.25) is 0 Å². The van der Waals surface area contributed by atoms with Crippen LogP contribution in [0.15, 0.2) is 17.1 Å². The Morgan fingerprint density at radius 3 is 2.92 bits per heavy atom. The quantitative estimate of drug-likeness (QED) is 0.713. The minimum absolute atomic E-state index is 0.105. The summed E-state index contributed by atoms with van der Waals surface area (Å²) >= 11 is 0. The molecule has 5 nitrogen and oxygen atoms in total. The van der Waals surface area contributed by atoms with Crippen LogP contribution >= 0.6 is 0 Å². The summed E-state index contributed by atoms with van der Waals surface area (Å²) in [6, 6.07) is 0. The van der Waals surface area contributed by atoms with E-state index in [4.69, 9.17) is 9.15 Å². The van der Waals surface area contributed by atoms with Gasteiger partial charge in [-0.3, -0.25) is 4.79 Å². The van der Waals surface area contributed by atoms with Gasteiger partial charge in [0.2, 0.25) is 0 Å². The van der Waals surface area contributed by atoms with Crippen LogP contribution in [0.4, 0.5) is 0 Å². The summed E-state index contributed by atoms with van der Waals surface area (Å²) in [4.78, 5) is 15.5. The molecule has 2 saturated carbocycles. The lowest BCUT2D eigenvalue weighted by Gasteiger charge is -2.45. The first-order valence-electron chi connectivity index (χ1n) is 10.1. The molecule has 0 radical (unpaired) electrons. The van der Waals surface area contributed by atoms with Crippen molar-refractivity contribution in [2.75, 3.05) is 0 Å². The number of carbonyl (C=O) groups is 1. The van der Waals surface area contributed by atoms with Crippen LogP contribution in [0, 0.1) is 23.2 Å². The van der Waals surface area contributed by atoms with Crippen molar-refractivity contribution >= 4 is 5.97 Å². The molecule has 0 bridgehead atoms. The van der Waals surface area contributed by atoms with Gasteiger partial charge in [-0.25, -0.2) is 4.98 Å². The summed E-state index contributed by atoms with van der Waals surface area (Å²) in [5.74, 6) is 1.49. The Morgan fingerprint density at radius 1 is 1.42 bits per heavy atom. The number of aromatic nitrogens is 1. The van der Waals surface area contributed by atoms with E-state index < -0.39 is 0 Å². The van der Waals surface area contributed by atoms with Gasteiger partial charge in [-0.2, -0.15) is 0 Å². The molecule has 1 aromatic heterocycles. The molecule has 1 aromatic rings. The molecule has 1 heterocycles. The lowest BCUT2D eigenvalue weighted by Crippen LogP contribution is -2.41. The van der Waals surface area contributed by atoms with Gasteiger partial charge in [0, 0.05) is 6.92 Å². The maximum atomic E-state index is 11.4. The topological polar surface area (TPSA) is 72.6 Å². The summed E-state index contributed by atoms with van der Waals surface area (Å²) < 4.78 is 10.5. The number of aliphatic hydroxyl groups excluding tert-OH is 1. The van der Waals surface area contributed by atoms with Crippen molar-refractivity contribution in [2.24, 2.45) is 23.2 Å². The molecule has 2 aliphatic carbocycles. The van der Waals surface area contributed by atoms with E-state index in [1.54, 1.807) is 6.26 Å². The summed E-state index contributed by atoms with van der Waals surface area (Å²) in [6.07, 6.45) is 11.2. The molecule has 146 valence electrons. The Bertz CT molecular complexity index is 587. The zero-order chi connectivity index (χ0) is 18.7. The minimum atomic E-state index is -0.318. The lowest BCUT2D eigenvalue weighted by molar-refractivity contribution is -0.147. The van der Waals surface area contributed by atoms with Crippen molar-refractivity contribution < 1.29 is 19.1 Å². The molecule has 0 spiro atoms. The van der Waals surface area contributed by atoms with Crippen LogP contribution in [0.3, 0.4) is 0 Å². The number of hydrogen-bond acceptors (Lipinski definition) is 5. The van der Waals surface area contributed by atoms with Gasteiger partial charge >= 0.3 is 5.97 Å². The fraction of sp³-hybridized carbons (Fsp3) is 0.810.